The Morgan fingerprint density at radius 2 is 2.24 bits per heavy atom. The molecule has 0 unspecified atom stereocenters. The molecule has 150 valence electrons. The first kappa shape index (κ1) is 18.1. The lowest BCUT2D eigenvalue weighted by atomic mass is 9.76. The third-order valence-corrected chi connectivity index (χ3v) is 6.19. The number of fused-ring (bicyclic) bond motifs is 1. The van der Waals surface area contributed by atoms with E-state index in [1.54, 1.807) is 18.0 Å². The van der Waals surface area contributed by atoms with Crippen molar-refractivity contribution in [3.63, 3.8) is 0 Å². The number of rotatable bonds is 5. The zero-order valence-corrected chi connectivity index (χ0v) is 16.4. The van der Waals surface area contributed by atoms with Crippen LogP contribution in [0.5, 0.6) is 0 Å². The molecule has 4 heterocycles. The van der Waals surface area contributed by atoms with Crippen LogP contribution in [-0.4, -0.2) is 52.1 Å². The first-order valence-corrected chi connectivity index (χ1v) is 9.83. The lowest BCUT2D eigenvalue weighted by Crippen LogP contribution is -2.44. The van der Waals surface area contributed by atoms with Crippen molar-refractivity contribution in [1.82, 2.24) is 15.0 Å². The summed E-state index contributed by atoms with van der Waals surface area (Å²) in [7, 11) is 1.73. The highest BCUT2D eigenvalue weighted by atomic mass is 16.5. The molecule has 7 heteroatoms. The molecular formula is C22H23N3O4. The topological polar surface area (TPSA) is 75.9 Å². The van der Waals surface area contributed by atoms with Crippen LogP contribution in [0.15, 0.2) is 53.3 Å². The van der Waals surface area contributed by atoms with Gasteiger partial charge in [0, 0.05) is 19.7 Å². The van der Waals surface area contributed by atoms with Crippen molar-refractivity contribution in [1.29, 1.82) is 0 Å². The Labute approximate surface area is 168 Å². The van der Waals surface area contributed by atoms with Crippen molar-refractivity contribution in [3.8, 4) is 0 Å². The highest BCUT2D eigenvalue weighted by Gasteiger charge is 2.67. The molecule has 29 heavy (non-hydrogen) atoms. The zero-order chi connectivity index (χ0) is 20.2. The molecule has 1 spiro atoms. The molecular weight excluding hydrogens is 370 g/mol. The van der Waals surface area contributed by atoms with Crippen molar-refractivity contribution in [2.24, 2.45) is 11.8 Å². The standard InChI is InChI=1S/C22H23N3O4/c1-14-4-3-5-15(10-14)11-25-13-22-8-6-17(29-22)18(19(22)21(25)27)20(26)24(2)12-16-7-9-28-23-16/h3-10,17-19H,11-13H2,1-2H3/t17-,18+,19-,22-/m0/s1. The molecule has 1 aromatic heterocycles. The minimum Gasteiger partial charge on any atom is -0.364 e. The van der Waals surface area contributed by atoms with Crippen molar-refractivity contribution >= 4 is 11.8 Å². The summed E-state index contributed by atoms with van der Waals surface area (Å²) in [5.74, 6) is -1.09. The smallest absolute Gasteiger partial charge is 0.230 e. The molecule has 2 fully saturated rings. The summed E-state index contributed by atoms with van der Waals surface area (Å²) in [5.41, 5.74) is 2.22. The van der Waals surface area contributed by atoms with Gasteiger partial charge in [0.05, 0.1) is 31.0 Å². The van der Waals surface area contributed by atoms with Gasteiger partial charge in [-0.05, 0) is 12.5 Å². The first-order chi connectivity index (χ1) is 14.0. The molecule has 7 nitrogen and oxygen atoms in total. The summed E-state index contributed by atoms with van der Waals surface area (Å²) in [4.78, 5) is 30.0. The predicted molar refractivity (Wildman–Crippen MR) is 103 cm³/mol. The number of hydrogen-bond donors (Lipinski definition) is 0. The number of nitrogens with zero attached hydrogens (tertiary/aromatic N) is 3. The minimum atomic E-state index is -0.694. The Morgan fingerprint density at radius 1 is 1.38 bits per heavy atom. The molecule has 3 aliphatic heterocycles. The SMILES string of the molecule is Cc1cccc(CN2C[C@]34C=C[C@H](O3)[C@@H](C(=O)N(C)Cc3ccon3)[C@H]4C2=O)c1. The molecule has 1 aromatic carbocycles. The molecule has 2 aromatic rings. The van der Waals surface area contributed by atoms with Crippen LogP contribution in [0, 0.1) is 18.8 Å². The molecule has 3 aliphatic rings. The van der Waals surface area contributed by atoms with Crippen LogP contribution < -0.4 is 0 Å². The Kier molecular flexibility index (Phi) is 4.10. The second-order valence-corrected chi connectivity index (χ2v) is 8.27. The fraction of sp³-hybridized carbons (Fsp3) is 0.409. The van der Waals surface area contributed by atoms with Crippen LogP contribution in [0.2, 0.25) is 0 Å². The molecule has 2 saturated heterocycles. The van der Waals surface area contributed by atoms with Crippen LogP contribution in [0.25, 0.3) is 0 Å². The van der Waals surface area contributed by atoms with Crippen LogP contribution in [0.3, 0.4) is 0 Å². The number of carbonyl (C=O) groups is 2. The Balaban J connectivity index is 1.37. The maximum atomic E-state index is 13.3. The van der Waals surface area contributed by atoms with Crippen molar-refractivity contribution in [3.05, 3.63) is 65.6 Å². The van der Waals surface area contributed by atoms with Gasteiger partial charge in [0.25, 0.3) is 0 Å². The monoisotopic (exact) mass is 393 g/mol. The van der Waals surface area contributed by atoms with E-state index in [2.05, 4.69) is 11.2 Å². The molecule has 5 rings (SSSR count). The number of hydrogen-bond acceptors (Lipinski definition) is 5. The Bertz CT molecular complexity index is 986. The van der Waals surface area contributed by atoms with E-state index in [1.807, 2.05) is 42.2 Å². The summed E-state index contributed by atoms with van der Waals surface area (Å²) in [6.45, 7) is 3.38. The maximum absolute atomic E-state index is 13.3. The Hall–Kier alpha value is -2.93. The summed E-state index contributed by atoms with van der Waals surface area (Å²) < 4.78 is 11.1. The number of benzene rings is 1. The van der Waals surface area contributed by atoms with E-state index in [1.165, 1.54) is 6.26 Å². The lowest BCUT2D eigenvalue weighted by molar-refractivity contribution is -0.143. The largest absolute Gasteiger partial charge is 0.364 e. The van der Waals surface area contributed by atoms with Gasteiger partial charge in [0.1, 0.15) is 17.6 Å². The highest BCUT2D eigenvalue weighted by Crippen LogP contribution is 2.52. The van der Waals surface area contributed by atoms with Gasteiger partial charge in [0.2, 0.25) is 11.8 Å². The number of aryl methyl sites for hydroxylation is 1. The number of ether oxygens (including phenoxy) is 1. The minimum absolute atomic E-state index is 0.00783. The molecule has 0 N–H and O–H groups in total. The average Bonchev–Trinajstić information content (AvgIpc) is 3.45. The van der Waals surface area contributed by atoms with Gasteiger partial charge in [-0.25, -0.2) is 0 Å². The fourth-order valence-electron chi connectivity index (χ4n) is 4.92. The predicted octanol–water partition coefficient (Wildman–Crippen LogP) is 1.92. The van der Waals surface area contributed by atoms with Gasteiger partial charge in [-0.1, -0.05) is 47.1 Å². The van der Waals surface area contributed by atoms with E-state index in [9.17, 15) is 9.59 Å². The van der Waals surface area contributed by atoms with E-state index in [-0.39, 0.29) is 17.9 Å². The van der Waals surface area contributed by atoms with E-state index in [4.69, 9.17) is 9.26 Å². The summed E-state index contributed by atoms with van der Waals surface area (Å²) in [6, 6.07) is 9.87. The number of aromatic nitrogens is 1. The molecule has 2 bridgehead atoms. The van der Waals surface area contributed by atoms with E-state index in [0.717, 1.165) is 11.1 Å². The van der Waals surface area contributed by atoms with E-state index >= 15 is 0 Å². The second-order valence-electron chi connectivity index (χ2n) is 8.27. The van der Waals surface area contributed by atoms with E-state index in [0.29, 0.717) is 25.3 Å². The first-order valence-electron chi connectivity index (χ1n) is 9.83. The van der Waals surface area contributed by atoms with Gasteiger partial charge >= 0.3 is 0 Å². The molecule has 0 saturated carbocycles. The molecule has 2 amide bonds. The van der Waals surface area contributed by atoms with Crippen molar-refractivity contribution in [2.75, 3.05) is 13.6 Å². The van der Waals surface area contributed by atoms with Crippen LogP contribution >= 0.6 is 0 Å². The van der Waals surface area contributed by atoms with Crippen LogP contribution in [0.4, 0.5) is 0 Å². The average molecular weight is 393 g/mol. The van der Waals surface area contributed by atoms with Crippen molar-refractivity contribution in [2.45, 2.75) is 31.7 Å². The van der Waals surface area contributed by atoms with Gasteiger partial charge in [-0.3, -0.25) is 9.59 Å². The zero-order valence-electron chi connectivity index (χ0n) is 16.4. The van der Waals surface area contributed by atoms with Gasteiger partial charge in [-0.2, -0.15) is 0 Å². The molecule has 0 aliphatic carbocycles. The number of amides is 2. The van der Waals surface area contributed by atoms with Gasteiger partial charge < -0.3 is 19.1 Å². The normalized spacial score (nSPS) is 29.5. The molecule has 4 atom stereocenters. The van der Waals surface area contributed by atoms with Crippen LogP contribution in [0.1, 0.15) is 16.8 Å². The van der Waals surface area contributed by atoms with Crippen LogP contribution in [-0.2, 0) is 27.4 Å². The fourth-order valence-corrected chi connectivity index (χ4v) is 4.92. The summed E-state index contributed by atoms with van der Waals surface area (Å²) in [5, 5.41) is 3.87. The number of likely N-dealkylation sites (tertiary alicyclic amines) is 1. The lowest BCUT2D eigenvalue weighted by Gasteiger charge is -2.27. The highest BCUT2D eigenvalue weighted by molar-refractivity contribution is 5.93. The number of carbonyl (C=O) groups excluding carboxylic acids is 2. The second kappa shape index (κ2) is 6.56. The molecule has 0 radical (unpaired) electrons. The van der Waals surface area contributed by atoms with Crippen molar-refractivity contribution < 1.29 is 18.8 Å². The summed E-state index contributed by atoms with van der Waals surface area (Å²) in [6.07, 6.45) is 5.05. The van der Waals surface area contributed by atoms with Gasteiger partial charge in [-0.15, -0.1) is 0 Å². The summed E-state index contributed by atoms with van der Waals surface area (Å²) >= 11 is 0. The Morgan fingerprint density at radius 3 is 3.00 bits per heavy atom. The quantitative estimate of drug-likeness (QED) is 0.726. The van der Waals surface area contributed by atoms with E-state index < -0.39 is 17.4 Å². The third kappa shape index (κ3) is 2.88. The third-order valence-electron chi connectivity index (χ3n) is 6.19. The maximum Gasteiger partial charge on any atom is 0.230 e. The van der Waals surface area contributed by atoms with Gasteiger partial charge in [0.15, 0.2) is 0 Å².